The Hall–Kier alpha value is -0.823. The Morgan fingerprint density at radius 1 is 1.19 bits per heavy atom. The second-order valence-electron chi connectivity index (χ2n) is 7.38. The van der Waals surface area contributed by atoms with E-state index >= 15 is 0 Å². The van der Waals surface area contributed by atoms with Gasteiger partial charge < -0.3 is 0 Å². The monoisotopic (exact) mass is 298 g/mol. The molecule has 0 heterocycles. The highest BCUT2D eigenvalue weighted by Gasteiger charge is 2.33. The molecule has 0 aliphatic heterocycles. The van der Waals surface area contributed by atoms with E-state index in [0.717, 1.165) is 11.5 Å². The van der Waals surface area contributed by atoms with Crippen molar-refractivity contribution in [3.8, 4) is 0 Å². The number of hydrogen-bond donors (Lipinski definition) is 0. The number of rotatable bonds is 5. The van der Waals surface area contributed by atoms with Gasteiger partial charge in [-0.05, 0) is 35.8 Å². The van der Waals surface area contributed by atoms with Crippen molar-refractivity contribution in [2.75, 3.05) is 0 Å². The van der Waals surface area contributed by atoms with Gasteiger partial charge in [0.05, 0.1) is 0 Å². The molecule has 0 radical (unpaired) electrons. The van der Waals surface area contributed by atoms with E-state index in [2.05, 4.69) is 49.5 Å². The lowest BCUT2D eigenvalue weighted by atomic mass is 9.80. The van der Waals surface area contributed by atoms with E-state index in [1.54, 1.807) is 5.57 Å². The van der Waals surface area contributed by atoms with Crippen molar-refractivity contribution in [3.05, 3.63) is 48.1 Å². The minimum Gasteiger partial charge on any atom is -0.0840 e. The minimum absolute atomic E-state index is 0.152. The van der Waals surface area contributed by atoms with Crippen molar-refractivity contribution < 1.29 is 0 Å². The van der Waals surface area contributed by atoms with Crippen LogP contribution in [0.4, 0.5) is 0 Å². The standard InChI is InChI=1S/C20H30Si/c1-2-17-11-12-19(15-17)21-20(13-7-4-8-14-20)16-18-9-5-3-6-10-18/h4,7-8,11-13,15,18-19H,2-3,5-6,9-10,14,16,21H2,1H3. The van der Waals surface area contributed by atoms with Gasteiger partial charge in [-0.3, -0.25) is 0 Å². The van der Waals surface area contributed by atoms with Crippen molar-refractivity contribution in [1.82, 2.24) is 0 Å². The smallest absolute Gasteiger partial charge is 0.0447 e. The van der Waals surface area contributed by atoms with E-state index in [1.807, 2.05) is 0 Å². The van der Waals surface area contributed by atoms with Crippen LogP contribution in [0.15, 0.2) is 48.1 Å². The molecule has 0 nitrogen and oxygen atoms in total. The molecule has 0 amide bonds. The van der Waals surface area contributed by atoms with Gasteiger partial charge in [-0.15, -0.1) is 0 Å². The number of hydrogen-bond acceptors (Lipinski definition) is 0. The van der Waals surface area contributed by atoms with Crippen molar-refractivity contribution in [3.63, 3.8) is 0 Å². The van der Waals surface area contributed by atoms with Crippen LogP contribution in [0.25, 0.3) is 0 Å². The van der Waals surface area contributed by atoms with Gasteiger partial charge in [0.25, 0.3) is 0 Å². The fraction of sp³-hybridized carbons (Fsp3) is 0.600. The fourth-order valence-electron chi connectivity index (χ4n) is 4.53. The third-order valence-electron chi connectivity index (χ3n) is 5.68. The molecule has 3 rings (SSSR count). The average molecular weight is 299 g/mol. The molecular weight excluding hydrogens is 268 g/mol. The first-order valence-electron chi connectivity index (χ1n) is 9.03. The summed E-state index contributed by atoms with van der Waals surface area (Å²) in [6, 6.07) is 0. The molecule has 0 saturated heterocycles. The summed E-state index contributed by atoms with van der Waals surface area (Å²) in [7, 11) is -0.152. The van der Waals surface area contributed by atoms with Crippen molar-refractivity contribution >= 4 is 9.52 Å². The molecule has 0 spiro atoms. The molecule has 0 aromatic rings. The van der Waals surface area contributed by atoms with E-state index in [0.29, 0.717) is 5.04 Å². The summed E-state index contributed by atoms with van der Waals surface area (Å²) in [4.78, 5) is 0. The normalized spacial score (nSPS) is 33.2. The van der Waals surface area contributed by atoms with Crippen molar-refractivity contribution in [1.29, 1.82) is 0 Å². The van der Waals surface area contributed by atoms with Gasteiger partial charge >= 0.3 is 0 Å². The Morgan fingerprint density at radius 3 is 2.71 bits per heavy atom. The molecule has 2 unspecified atom stereocenters. The van der Waals surface area contributed by atoms with Gasteiger partial charge in [0.1, 0.15) is 0 Å². The molecule has 0 aromatic heterocycles. The maximum Gasteiger partial charge on any atom is 0.0447 e. The van der Waals surface area contributed by atoms with Crippen LogP contribution in [0.2, 0.25) is 10.6 Å². The van der Waals surface area contributed by atoms with Gasteiger partial charge in [0.2, 0.25) is 0 Å². The molecule has 0 aromatic carbocycles. The van der Waals surface area contributed by atoms with E-state index in [-0.39, 0.29) is 9.52 Å². The maximum absolute atomic E-state index is 2.60. The van der Waals surface area contributed by atoms with Crippen LogP contribution in [0, 0.1) is 5.92 Å². The molecule has 0 N–H and O–H groups in total. The van der Waals surface area contributed by atoms with Crippen molar-refractivity contribution in [2.45, 2.75) is 68.9 Å². The van der Waals surface area contributed by atoms with Gasteiger partial charge in [-0.25, -0.2) is 0 Å². The third kappa shape index (κ3) is 3.88. The Bertz CT molecular complexity index is 462. The van der Waals surface area contributed by atoms with Crippen LogP contribution in [-0.4, -0.2) is 9.52 Å². The predicted molar refractivity (Wildman–Crippen MR) is 96.6 cm³/mol. The van der Waals surface area contributed by atoms with Gasteiger partial charge in [-0.1, -0.05) is 87.1 Å². The average Bonchev–Trinajstić information content (AvgIpc) is 2.96. The lowest BCUT2D eigenvalue weighted by Crippen LogP contribution is -2.25. The number of allylic oxidation sites excluding steroid dienone is 8. The Morgan fingerprint density at radius 2 is 2.05 bits per heavy atom. The first-order valence-corrected chi connectivity index (χ1v) is 10.6. The highest BCUT2D eigenvalue weighted by molar-refractivity contribution is 6.44. The predicted octanol–water partition coefficient (Wildman–Crippen LogP) is 5.50. The molecule has 1 fully saturated rings. The zero-order valence-corrected chi connectivity index (χ0v) is 15.0. The summed E-state index contributed by atoms with van der Waals surface area (Å²) >= 11 is 0. The fourth-order valence-corrected chi connectivity index (χ4v) is 7.34. The first kappa shape index (κ1) is 15.1. The third-order valence-corrected chi connectivity index (χ3v) is 8.28. The summed E-state index contributed by atoms with van der Waals surface area (Å²) in [5, 5.41) is 0.561. The van der Waals surface area contributed by atoms with E-state index in [1.165, 1.54) is 51.4 Å². The zero-order valence-electron chi connectivity index (χ0n) is 13.6. The van der Waals surface area contributed by atoms with Crippen LogP contribution in [0.1, 0.15) is 58.3 Å². The Labute approximate surface area is 132 Å². The summed E-state index contributed by atoms with van der Waals surface area (Å²) in [5.41, 5.74) is 2.37. The van der Waals surface area contributed by atoms with Crippen molar-refractivity contribution in [2.24, 2.45) is 5.92 Å². The molecule has 1 heteroatoms. The second-order valence-corrected chi connectivity index (χ2v) is 10.1. The molecule has 114 valence electrons. The van der Waals surface area contributed by atoms with Crippen LogP contribution in [-0.2, 0) is 0 Å². The van der Waals surface area contributed by atoms with Crippen LogP contribution >= 0.6 is 0 Å². The highest BCUT2D eigenvalue weighted by atomic mass is 28.2. The largest absolute Gasteiger partial charge is 0.0840 e. The van der Waals surface area contributed by atoms with E-state index in [4.69, 9.17) is 0 Å². The van der Waals surface area contributed by atoms with Crippen LogP contribution < -0.4 is 0 Å². The summed E-state index contributed by atoms with van der Waals surface area (Å²) in [5.74, 6) is 1.00. The second kappa shape index (κ2) is 6.96. The van der Waals surface area contributed by atoms with Gasteiger partial charge in [0.15, 0.2) is 0 Å². The lowest BCUT2D eigenvalue weighted by molar-refractivity contribution is 0.313. The molecule has 2 atom stereocenters. The summed E-state index contributed by atoms with van der Waals surface area (Å²) in [6.07, 6.45) is 28.5. The SMILES string of the molecule is CCC1=CC([SiH2]C2(CC3CCCCC3)C=CC=CC2)C=C1. The van der Waals surface area contributed by atoms with E-state index < -0.39 is 0 Å². The van der Waals surface area contributed by atoms with E-state index in [9.17, 15) is 0 Å². The Balaban J connectivity index is 1.68. The maximum atomic E-state index is 2.60. The topological polar surface area (TPSA) is 0 Å². The molecular formula is C20H30Si. The highest BCUT2D eigenvalue weighted by Crippen LogP contribution is 2.47. The quantitative estimate of drug-likeness (QED) is 0.588. The lowest BCUT2D eigenvalue weighted by Gasteiger charge is -2.37. The zero-order chi connectivity index (χ0) is 14.5. The van der Waals surface area contributed by atoms with Crippen LogP contribution in [0.3, 0.4) is 0 Å². The Kier molecular flexibility index (Phi) is 5.00. The van der Waals surface area contributed by atoms with Gasteiger partial charge in [0, 0.05) is 9.52 Å². The van der Waals surface area contributed by atoms with Crippen LogP contribution in [0.5, 0.6) is 0 Å². The minimum atomic E-state index is -0.152. The molecule has 3 aliphatic carbocycles. The van der Waals surface area contributed by atoms with Gasteiger partial charge in [-0.2, -0.15) is 0 Å². The summed E-state index contributed by atoms with van der Waals surface area (Å²) in [6.45, 7) is 2.28. The molecule has 1 saturated carbocycles. The molecule has 21 heavy (non-hydrogen) atoms. The first-order chi connectivity index (χ1) is 10.3. The molecule has 3 aliphatic rings. The molecule has 0 bridgehead atoms. The summed E-state index contributed by atoms with van der Waals surface area (Å²) < 4.78 is 0.